The summed E-state index contributed by atoms with van der Waals surface area (Å²) in [5, 5.41) is 3.00. The van der Waals surface area contributed by atoms with Gasteiger partial charge in [0, 0.05) is 23.7 Å². The Morgan fingerprint density at radius 2 is 1.58 bits per heavy atom. The van der Waals surface area contributed by atoms with Crippen LogP contribution in [0.4, 0.5) is 13.2 Å². The van der Waals surface area contributed by atoms with Crippen molar-refractivity contribution >= 4 is 0 Å². The second-order valence-corrected chi connectivity index (χ2v) is 5.57. The van der Waals surface area contributed by atoms with Gasteiger partial charge in [0.25, 0.3) is 0 Å². The van der Waals surface area contributed by atoms with Crippen molar-refractivity contribution < 1.29 is 13.2 Å². The van der Waals surface area contributed by atoms with Gasteiger partial charge in [0.15, 0.2) is 0 Å². The van der Waals surface area contributed by atoms with Crippen LogP contribution in [0.15, 0.2) is 12.1 Å². The molecule has 1 atom stereocenters. The van der Waals surface area contributed by atoms with Crippen LogP contribution in [0.5, 0.6) is 0 Å². The number of hydrogen-bond donors (Lipinski definition) is 1. The standard InChI is InChI=1S/C15H20F3N/c1-9-3-5-10(6-4-9)15(19-2)14-12(17)7-11(16)8-13(14)18/h7-10,15,19H,3-6H2,1-2H3. The first-order chi connectivity index (χ1) is 9.02. The predicted molar refractivity (Wildman–Crippen MR) is 69.2 cm³/mol. The Balaban J connectivity index is 2.27. The predicted octanol–water partition coefficient (Wildman–Crippen LogP) is 4.19. The zero-order valence-electron chi connectivity index (χ0n) is 11.3. The molecule has 1 aliphatic rings. The number of hydrogen-bond acceptors (Lipinski definition) is 1. The minimum Gasteiger partial charge on any atom is -0.313 e. The van der Waals surface area contributed by atoms with Crippen LogP contribution in [-0.4, -0.2) is 7.05 Å². The molecule has 4 heteroatoms. The number of benzene rings is 1. The summed E-state index contributed by atoms with van der Waals surface area (Å²) in [6.07, 6.45) is 4.05. The van der Waals surface area contributed by atoms with Gasteiger partial charge in [-0.2, -0.15) is 0 Å². The van der Waals surface area contributed by atoms with Crippen molar-refractivity contribution in [2.45, 2.75) is 38.6 Å². The molecule has 0 amide bonds. The third-order valence-electron chi connectivity index (χ3n) is 4.20. The third kappa shape index (κ3) is 3.11. The lowest BCUT2D eigenvalue weighted by molar-refractivity contribution is 0.231. The van der Waals surface area contributed by atoms with Gasteiger partial charge in [-0.3, -0.25) is 0 Å². The molecule has 0 aliphatic heterocycles. The summed E-state index contributed by atoms with van der Waals surface area (Å²) in [7, 11) is 1.70. The van der Waals surface area contributed by atoms with Gasteiger partial charge in [-0.15, -0.1) is 0 Å². The highest BCUT2D eigenvalue weighted by Crippen LogP contribution is 2.38. The van der Waals surface area contributed by atoms with Crippen LogP contribution in [0.1, 0.15) is 44.2 Å². The van der Waals surface area contributed by atoms with E-state index >= 15 is 0 Å². The van der Waals surface area contributed by atoms with Crippen molar-refractivity contribution in [3.8, 4) is 0 Å². The molecular weight excluding hydrogens is 251 g/mol. The van der Waals surface area contributed by atoms with Crippen molar-refractivity contribution in [1.82, 2.24) is 5.32 Å². The fourth-order valence-electron chi connectivity index (χ4n) is 3.09. The molecule has 1 nitrogen and oxygen atoms in total. The molecule has 1 aromatic rings. The molecule has 0 saturated heterocycles. The van der Waals surface area contributed by atoms with Gasteiger partial charge in [0.05, 0.1) is 0 Å². The van der Waals surface area contributed by atoms with Gasteiger partial charge in [0.1, 0.15) is 17.5 Å². The smallest absolute Gasteiger partial charge is 0.133 e. The van der Waals surface area contributed by atoms with Gasteiger partial charge in [0.2, 0.25) is 0 Å². The van der Waals surface area contributed by atoms with Gasteiger partial charge in [-0.1, -0.05) is 19.8 Å². The summed E-state index contributed by atoms with van der Waals surface area (Å²) in [5.41, 5.74) is -0.0246. The van der Waals surface area contributed by atoms with Crippen molar-refractivity contribution in [2.24, 2.45) is 11.8 Å². The number of halogens is 3. The fourth-order valence-corrected chi connectivity index (χ4v) is 3.09. The summed E-state index contributed by atoms with van der Waals surface area (Å²) >= 11 is 0. The van der Waals surface area contributed by atoms with Crippen molar-refractivity contribution in [2.75, 3.05) is 7.05 Å². The van der Waals surface area contributed by atoms with E-state index in [1.165, 1.54) is 0 Å². The molecule has 0 aromatic heterocycles. The molecule has 1 N–H and O–H groups in total. The highest BCUT2D eigenvalue weighted by Gasteiger charge is 2.30. The Hall–Kier alpha value is -1.03. The second-order valence-electron chi connectivity index (χ2n) is 5.57. The Morgan fingerprint density at radius 3 is 2.05 bits per heavy atom. The van der Waals surface area contributed by atoms with Gasteiger partial charge in [-0.05, 0) is 31.7 Å². The number of rotatable bonds is 3. The van der Waals surface area contributed by atoms with Gasteiger partial charge in [-0.25, -0.2) is 13.2 Å². The van der Waals surface area contributed by atoms with Crippen LogP contribution < -0.4 is 5.32 Å². The molecule has 1 aliphatic carbocycles. The fraction of sp³-hybridized carbons (Fsp3) is 0.600. The first-order valence-electron chi connectivity index (χ1n) is 6.84. The number of nitrogens with one attached hydrogen (secondary N) is 1. The lowest BCUT2D eigenvalue weighted by atomic mass is 9.77. The van der Waals surface area contributed by atoms with E-state index in [1.807, 2.05) is 0 Å². The van der Waals surface area contributed by atoms with E-state index in [0.717, 1.165) is 37.8 Å². The molecular formula is C15H20F3N. The molecule has 0 heterocycles. The van der Waals surface area contributed by atoms with Crippen LogP contribution in [-0.2, 0) is 0 Å². The quantitative estimate of drug-likeness (QED) is 0.869. The van der Waals surface area contributed by atoms with E-state index in [1.54, 1.807) is 7.05 Å². The van der Waals surface area contributed by atoms with E-state index in [-0.39, 0.29) is 17.5 Å². The first kappa shape index (κ1) is 14.4. The van der Waals surface area contributed by atoms with Gasteiger partial charge >= 0.3 is 0 Å². The van der Waals surface area contributed by atoms with E-state index < -0.39 is 17.5 Å². The minimum absolute atomic E-state index is 0.0246. The molecule has 2 rings (SSSR count). The summed E-state index contributed by atoms with van der Waals surface area (Å²) in [4.78, 5) is 0. The maximum Gasteiger partial charge on any atom is 0.133 e. The van der Waals surface area contributed by atoms with Crippen molar-refractivity contribution in [3.63, 3.8) is 0 Å². The zero-order chi connectivity index (χ0) is 14.0. The molecule has 0 bridgehead atoms. The minimum atomic E-state index is -0.870. The Kier molecular flexibility index (Phi) is 4.50. The lowest BCUT2D eigenvalue weighted by Gasteiger charge is -2.33. The van der Waals surface area contributed by atoms with Crippen LogP contribution in [0.25, 0.3) is 0 Å². The molecule has 0 radical (unpaired) electrons. The Morgan fingerprint density at radius 1 is 1.05 bits per heavy atom. The van der Waals surface area contributed by atoms with Crippen LogP contribution in [0, 0.1) is 29.3 Å². The molecule has 106 valence electrons. The molecule has 1 saturated carbocycles. The van der Waals surface area contributed by atoms with E-state index in [9.17, 15) is 13.2 Å². The molecule has 1 fully saturated rings. The first-order valence-corrected chi connectivity index (χ1v) is 6.84. The van der Waals surface area contributed by atoms with Crippen LogP contribution in [0.2, 0.25) is 0 Å². The Labute approximate surface area is 112 Å². The summed E-state index contributed by atoms with van der Waals surface area (Å²) in [6, 6.07) is 1.13. The average molecular weight is 271 g/mol. The highest BCUT2D eigenvalue weighted by atomic mass is 19.1. The maximum atomic E-state index is 13.9. The monoisotopic (exact) mass is 271 g/mol. The molecule has 19 heavy (non-hydrogen) atoms. The van der Waals surface area contributed by atoms with Gasteiger partial charge < -0.3 is 5.32 Å². The zero-order valence-corrected chi connectivity index (χ0v) is 11.3. The van der Waals surface area contributed by atoms with Crippen molar-refractivity contribution in [1.29, 1.82) is 0 Å². The van der Waals surface area contributed by atoms with E-state index in [0.29, 0.717) is 5.92 Å². The maximum absolute atomic E-state index is 13.9. The van der Waals surface area contributed by atoms with Crippen LogP contribution in [0.3, 0.4) is 0 Å². The molecule has 0 spiro atoms. The topological polar surface area (TPSA) is 12.0 Å². The summed E-state index contributed by atoms with van der Waals surface area (Å²) in [6.45, 7) is 2.20. The highest BCUT2D eigenvalue weighted by molar-refractivity contribution is 5.25. The summed E-state index contributed by atoms with van der Waals surface area (Å²) < 4.78 is 40.7. The third-order valence-corrected chi connectivity index (χ3v) is 4.20. The Bertz CT molecular complexity index is 416. The van der Waals surface area contributed by atoms with Crippen LogP contribution >= 0.6 is 0 Å². The largest absolute Gasteiger partial charge is 0.313 e. The normalized spacial score (nSPS) is 25.3. The molecule has 1 aromatic carbocycles. The average Bonchev–Trinajstić information content (AvgIpc) is 2.35. The SMILES string of the molecule is CNC(c1c(F)cc(F)cc1F)C1CCC(C)CC1. The van der Waals surface area contributed by atoms with E-state index in [2.05, 4.69) is 12.2 Å². The summed E-state index contributed by atoms with van der Waals surface area (Å²) in [5.74, 6) is -1.58. The van der Waals surface area contributed by atoms with E-state index in [4.69, 9.17) is 0 Å². The second kappa shape index (κ2) is 5.95. The molecule has 1 unspecified atom stereocenters. The lowest BCUT2D eigenvalue weighted by Crippen LogP contribution is -2.30. The van der Waals surface area contributed by atoms with Crippen molar-refractivity contribution in [3.05, 3.63) is 35.1 Å².